The van der Waals surface area contributed by atoms with Crippen LogP contribution < -0.4 is 0 Å². The lowest BCUT2D eigenvalue weighted by Gasteiger charge is -2.14. The van der Waals surface area contributed by atoms with E-state index in [4.69, 9.17) is 10.2 Å². The second-order valence-corrected chi connectivity index (χ2v) is 1.78. The highest BCUT2D eigenvalue weighted by Crippen LogP contribution is 1.98. The van der Waals surface area contributed by atoms with E-state index in [0.29, 0.717) is 6.61 Å². The van der Waals surface area contributed by atoms with Gasteiger partial charge in [0, 0.05) is 6.92 Å². The lowest BCUT2D eigenvalue weighted by molar-refractivity contribution is -0.324. The molecule has 0 aliphatic rings. The largest absolute Gasteiger partial charge is 0.344 e. The van der Waals surface area contributed by atoms with E-state index < -0.39 is 5.97 Å². The average Bonchev–Trinajstić information content (AvgIpc) is 1.59. The molecule has 0 radical (unpaired) electrons. The maximum Gasteiger partial charge on any atom is 0.274 e. The van der Waals surface area contributed by atoms with Gasteiger partial charge in [0.05, 0.1) is 6.61 Å². The molecule has 50 valence electrons. The van der Waals surface area contributed by atoms with Gasteiger partial charge in [-0.15, -0.1) is 0 Å². The molecule has 0 heterocycles. The number of hydrogen-bond acceptors (Lipinski definition) is 3. The van der Waals surface area contributed by atoms with Crippen molar-refractivity contribution in [3.63, 3.8) is 0 Å². The van der Waals surface area contributed by atoms with Crippen molar-refractivity contribution in [3.8, 4) is 0 Å². The minimum Gasteiger partial charge on any atom is -0.344 e. The predicted molar refractivity (Wildman–Crippen MR) is 29.1 cm³/mol. The molecular formula is C5H12O3. The predicted octanol–water partition coefficient (Wildman–Crippen LogP) is 0.0713. The van der Waals surface area contributed by atoms with Gasteiger partial charge in [-0.25, -0.2) is 0 Å². The monoisotopic (exact) mass is 120 g/mol. The highest BCUT2D eigenvalue weighted by molar-refractivity contribution is 4.34. The molecule has 3 heteroatoms. The molecule has 0 fully saturated rings. The van der Waals surface area contributed by atoms with Crippen molar-refractivity contribution in [1.29, 1.82) is 0 Å². The maximum atomic E-state index is 8.48. The molecule has 0 aromatic rings. The molecule has 2 N–H and O–H groups in total. The van der Waals surface area contributed by atoms with Gasteiger partial charge in [0.15, 0.2) is 0 Å². The molecule has 0 spiro atoms. The molecule has 0 aliphatic carbocycles. The van der Waals surface area contributed by atoms with Crippen molar-refractivity contribution in [2.24, 2.45) is 0 Å². The molecule has 0 aliphatic heterocycles. The summed E-state index contributed by atoms with van der Waals surface area (Å²) in [5.74, 6) is -1.95. The Morgan fingerprint density at radius 1 is 1.50 bits per heavy atom. The molecule has 0 atom stereocenters. The van der Waals surface area contributed by atoms with Gasteiger partial charge in [0.2, 0.25) is 0 Å². The molecule has 0 unspecified atom stereocenters. The molecule has 0 aromatic carbocycles. The Kier molecular flexibility index (Phi) is 2.97. The van der Waals surface area contributed by atoms with Crippen molar-refractivity contribution in [1.82, 2.24) is 0 Å². The third kappa shape index (κ3) is 5.88. The maximum absolute atomic E-state index is 8.48. The number of hydrogen-bond donors (Lipinski definition) is 2. The Labute approximate surface area is 48.9 Å². The zero-order valence-electron chi connectivity index (χ0n) is 5.22. The van der Waals surface area contributed by atoms with Crippen molar-refractivity contribution in [2.45, 2.75) is 26.2 Å². The van der Waals surface area contributed by atoms with Crippen LogP contribution in [0.2, 0.25) is 0 Å². The number of rotatable bonds is 3. The van der Waals surface area contributed by atoms with Gasteiger partial charge in [-0.05, 0) is 6.42 Å². The second-order valence-electron chi connectivity index (χ2n) is 1.78. The van der Waals surface area contributed by atoms with Crippen molar-refractivity contribution in [2.75, 3.05) is 6.61 Å². The van der Waals surface area contributed by atoms with Crippen LogP contribution in [0, 0.1) is 0 Å². The fraction of sp³-hybridized carbons (Fsp3) is 1.00. The average molecular weight is 120 g/mol. The molecule has 0 bridgehead atoms. The van der Waals surface area contributed by atoms with Gasteiger partial charge in [0.25, 0.3) is 5.97 Å². The van der Waals surface area contributed by atoms with Crippen LogP contribution in [0.1, 0.15) is 20.3 Å². The van der Waals surface area contributed by atoms with E-state index in [-0.39, 0.29) is 0 Å². The van der Waals surface area contributed by atoms with Crippen LogP contribution in [0.4, 0.5) is 0 Å². The first-order chi connectivity index (χ1) is 3.56. The van der Waals surface area contributed by atoms with Crippen LogP contribution in [0.25, 0.3) is 0 Å². The van der Waals surface area contributed by atoms with Crippen LogP contribution in [-0.2, 0) is 4.74 Å². The summed E-state index contributed by atoms with van der Waals surface area (Å²) >= 11 is 0. The van der Waals surface area contributed by atoms with Crippen LogP contribution in [0.3, 0.4) is 0 Å². The van der Waals surface area contributed by atoms with Crippen molar-refractivity contribution >= 4 is 0 Å². The fourth-order valence-corrected chi connectivity index (χ4v) is 0.295. The van der Waals surface area contributed by atoms with E-state index in [1.165, 1.54) is 6.92 Å². The minimum atomic E-state index is -1.95. The number of ether oxygens (including phenoxy) is 1. The summed E-state index contributed by atoms with van der Waals surface area (Å²) in [5.41, 5.74) is 0. The molecule has 3 nitrogen and oxygen atoms in total. The molecule has 0 rings (SSSR count). The van der Waals surface area contributed by atoms with Gasteiger partial charge in [-0.1, -0.05) is 6.92 Å². The summed E-state index contributed by atoms with van der Waals surface area (Å²) in [6, 6.07) is 0. The first-order valence-corrected chi connectivity index (χ1v) is 2.65. The molecule has 0 saturated carbocycles. The lowest BCUT2D eigenvalue weighted by atomic mass is 10.5. The van der Waals surface area contributed by atoms with E-state index in [1.807, 2.05) is 6.92 Å². The van der Waals surface area contributed by atoms with Crippen LogP contribution in [0.15, 0.2) is 0 Å². The Hall–Kier alpha value is -0.120. The SMILES string of the molecule is CCCOC(C)(O)O. The first kappa shape index (κ1) is 7.88. The highest BCUT2D eigenvalue weighted by atomic mass is 16.8. The molecule has 8 heavy (non-hydrogen) atoms. The summed E-state index contributed by atoms with van der Waals surface area (Å²) in [6.45, 7) is 3.46. The van der Waals surface area contributed by atoms with Gasteiger partial charge in [-0.3, -0.25) is 0 Å². The van der Waals surface area contributed by atoms with Crippen molar-refractivity contribution < 1.29 is 14.9 Å². The lowest BCUT2D eigenvalue weighted by Crippen LogP contribution is -2.27. The third-order valence-electron chi connectivity index (χ3n) is 0.580. The van der Waals surface area contributed by atoms with Crippen LogP contribution in [-0.4, -0.2) is 22.8 Å². The van der Waals surface area contributed by atoms with E-state index in [2.05, 4.69) is 4.74 Å². The van der Waals surface area contributed by atoms with E-state index in [0.717, 1.165) is 6.42 Å². The standard InChI is InChI=1S/C5H12O3/c1-3-4-8-5(2,6)7/h6-7H,3-4H2,1-2H3. The quantitative estimate of drug-likeness (QED) is 0.518. The topological polar surface area (TPSA) is 49.7 Å². The van der Waals surface area contributed by atoms with Crippen LogP contribution in [0.5, 0.6) is 0 Å². The van der Waals surface area contributed by atoms with E-state index in [9.17, 15) is 0 Å². The molecule has 0 aromatic heterocycles. The van der Waals surface area contributed by atoms with Gasteiger partial charge >= 0.3 is 0 Å². The minimum absolute atomic E-state index is 0.378. The van der Waals surface area contributed by atoms with Crippen molar-refractivity contribution in [3.05, 3.63) is 0 Å². The van der Waals surface area contributed by atoms with Crippen LogP contribution >= 0.6 is 0 Å². The molecule has 0 amide bonds. The molecular weight excluding hydrogens is 108 g/mol. The highest BCUT2D eigenvalue weighted by Gasteiger charge is 2.13. The first-order valence-electron chi connectivity index (χ1n) is 2.65. The van der Waals surface area contributed by atoms with Gasteiger partial charge in [0.1, 0.15) is 0 Å². The Bertz CT molecular complexity index is 55.2. The Morgan fingerprint density at radius 2 is 2.00 bits per heavy atom. The van der Waals surface area contributed by atoms with Gasteiger partial charge in [-0.2, -0.15) is 0 Å². The Morgan fingerprint density at radius 3 is 2.12 bits per heavy atom. The zero-order valence-corrected chi connectivity index (χ0v) is 5.22. The smallest absolute Gasteiger partial charge is 0.274 e. The summed E-state index contributed by atoms with van der Waals surface area (Å²) < 4.78 is 4.49. The second kappa shape index (κ2) is 3.02. The Balaban J connectivity index is 3.11. The van der Waals surface area contributed by atoms with Gasteiger partial charge < -0.3 is 14.9 Å². The summed E-state index contributed by atoms with van der Waals surface area (Å²) in [4.78, 5) is 0. The van der Waals surface area contributed by atoms with E-state index in [1.54, 1.807) is 0 Å². The van der Waals surface area contributed by atoms with E-state index >= 15 is 0 Å². The zero-order chi connectivity index (χ0) is 6.62. The molecule has 0 saturated heterocycles. The number of aliphatic hydroxyl groups is 2. The summed E-state index contributed by atoms with van der Waals surface area (Å²) in [5, 5.41) is 17.0. The summed E-state index contributed by atoms with van der Waals surface area (Å²) in [7, 11) is 0. The normalized spacial score (nSPS) is 12.0. The fourth-order valence-electron chi connectivity index (χ4n) is 0.295. The third-order valence-corrected chi connectivity index (χ3v) is 0.580. The summed E-state index contributed by atoms with van der Waals surface area (Å²) in [6.07, 6.45) is 0.788.